The Hall–Kier alpha value is -3.90. The second-order valence-corrected chi connectivity index (χ2v) is 11.2. The fourth-order valence-electron chi connectivity index (χ4n) is 4.05. The van der Waals surface area contributed by atoms with E-state index < -0.39 is 27.9 Å². The number of imide groups is 1. The minimum Gasteiger partial charge on any atom is -0.497 e. The molecule has 1 aliphatic carbocycles. The highest BCUT2D eigenvalue weighted by molar-refractivity contribution is 7.92. The lowest BCUT2D eigenvalue weighted by atomic mass is 9.95. The Morgan fingerprint density at radius 2 is 1.63 bits per heavy atom. The first-order valence-corrected chi connectivity index (χ1v) is 14.2. The molecule has 12 heteroatoms. The summed E-state index contributed by atoms with van der Waals surface area (Å²) in [5.74, 6) is -0.563. The van der Waals surface area contributed by atoms with E-state index in [-0.39, 0.29) is 28.3 Å². The van der Waals surface area contributed by atoms with E-state index in [4.69, 9.17) is 9.47 Å². The number of rotatable bonds is 8. The lowest BCUT2D eigenvalue weighted by Crippen LogP contribution is -2.32. The van der Waals surface area contributed by atoms with Crippen LogP contribution in [0.5, 0.6) is 5.75 Å². The molecule has 0 aliphatic heterocycles. The first-order chi connectivity index (χ1) is 18.2. The van der Waals surface area contributed by atoms with E-state index in [1.807, 2.05) is 0 Å². The van der Waals surface area contributed by atoms with Crippen molar-refractivity contribution in [1.82, 2.24) is 5.32 Å². The van der Waals surface area contributed by atoms with E-state index in [0.717, 1.165) is 29.7 Å². The van der Waals surface area contributed by atoms with E-state index in [0.29, 0.717) is 17.2 Å². The topological polar surface area (TPSA) is 140 Å². The highest BCUT2D eigenvalue weighted by Gasteiger charge is 2.28. The van der Waals surface area contributed by atoms with Crippen molar-refractivity contribution < 1.29 is 32.3 Å². The van der Waals surface area contributed by atoms with Gasteiger partial charge < -0.3 is 14.8 Å². The van der Waals surface area contributed by atoms with Crippen molar-refractivity contribution in [2.45, 2.75) is 37.5 Å². The van der Waals surface area contributed by atoms with Gasteiger partial charge in [0.2, 0.25) is 0 Å². The quantitative estimate of drug-likeness (QED) is 0.368. The molecule has 38 heavy (non-hydrogen) atoms. The summed E-state index contributed by atoms with van der Waals surface area (Å²) in [7, 11) is -2.35. The van der Waals surface area contributed by atoms with Crippen LogP contribution in [-0.4, -0.2) is 40.0 Å². The predicted octanol–water partition coefficient (Wildman–Crippen LogP) is 4.57. The zero-order chi connectivity index (χ0) is 27.3. The third kappa shape index (κ3) is 6.14. The average molecular weight is 558 g/mol. The van der Waals surface area contributed by atoms with Crippen LogP contribution in [0.2, 0.25) is 0 Å². The lowest BCUT2D eigenvalue weighted by molar-refractivity contribution is 0.0925. The van der Waals surface area contributed by atoms with Crippen molar-refractivity contribution in [2.24, 2.45) is 0 Å². The molecule has 0 unspecified atom stereocenters. The number of hydrogen-bond acceptors (Lipinski definition) is 8. The van der Waals surface area contributed by atoms with E-state index >= 15 is 0 Å². The number of ether oxygens (including phenoxy) is 2. The van der Waals surface area contributed by atoms with Gasteiger partial charge >= 0.3 is 6.09 Å². The number of thiophene rings is 1. The van der Waals surface area contributed by atoms with Crippen molar-refractivity contribution in [3.8, 4) is 5.75 Å². The molecule has 0 spiro atoms. The van der Waals surface area contributed by atoms with Crippen LogP contribution in [-0.2, 0) is 27.6 Å². The Balaban J connectivity index is 1.50. The number of alkyl carbamates (subject to hydrolysis) is 1. The molecule has 1 aliphatic rings. The number of fused-ring (bicyclic) bond motifs is 1. The van der Waals surface area contributed by atoms with Gasteiger partial charge in [-0.1, -0.05) is 0 Å². The molecule has 0 saturated carbocycles. The molecule has 200 valence electrons. The summed E-state index contributed by atoms with van der Waals surface area (Å²) in [5, 5.41) is 5.36. The fraction of sp³-hybridized carbons (Fsp3) is 0.269. The van der Waals surface area contributed by atoms with Crippen molar-refractivity contribution in [1.29, 1.82) is 0 Å². The van der Waals surface area contributed by atoms with Gasteiger partial charge in [0.05, 0.1) is 24.2 Å². The number of carbonyl (C=O) groups excluding carboxylic acids is 3. The number of sulfonamides is 1. The fourth-order valence-corrected chi connectivity index (χ4v) is 6.39. The van der Waals surface area contributed by atoms with Gasteiger partial charge in [-0.25, -0.2) is 13.2 Å². The highest BCUT2D eigenvalue weighted by Crippen LogP contribution is 2.38. The molecular weight excluding hydrogens is 530 g/mol. The second-order valence-electron chi connectivity index (χ2n) is 8.40. The molecular formula is C26H27N3O7S2. The number of hydrogen-bond donors (Lipinski definition) is 3. The third-order valence-corrected chi connectivity index (χ3v) is 8.49. The van der Waals surface area contributed by atoms with Crippen LogP contribution in [0.15, 0.2) is 53.4 Å². The summed E-state index contributed by atoms with van der Waals surface area (Å²) < 4.78 is 37.7. The Bertz CT molecular complexity index is 1450. The van der Waals surface area contributed by atoms with E-state index in [1.54, 1.807) is 19.1 Å². The molecule has 0 saturated heterocycles. The average Bonchev–Trinajstić information content (AvgIpc) is 3.27. The largest absolute Gasteiger partial charge is 0.497 e. The molecule has 1 heterocycles. The normalized spacial score (nSPS) is 12.7. The van der Waals surface area contributed by atoms with Crippen molar-refractivity contribution in [3.63, 3.8) is 0 Å². The molecule has 2 aromatic carbocycles. The molecule has 3 aromatic rings. The lowest BCUT2D eigenvalue weighted by Gasteiger charge is -2.13. The predicted molar refractivity (Wildman–Crippen MR) is 144 cm³/mol. The number of aryl methyl sites for hydroxylation is 1. The highest BCUT2D eigenvalue weighted by atomic mass is 32.2. The van der Waals surface area contributed by atoms with Gasteiger partial charge in [0.25, 0.3) is 21.8 Å². The summed E-state index contributed by atoms with van der Waals surface area (Å²) in [5.41, 5.74) is 1.65. The van der Waals surface area contributed by atoms with Gasteiger partial charge in [-0.05, 0) is 86.7 Å². The van der Waals surface area contributed by atoms with Crippen molar-refractivity contribution in [2.75, 3.05) is 23.8 Å². The van der Waals surface area contributed by atoms with E-state index in [1.165, 1.54) is 54.8 Å². The maximum absolute atomic E-state index is 13.0. The van der Waals surface area contributed by atoms with Gasteiger partial charge in [0.1, 0.15) is 10.8 Å². The number of nitrogens with one attached hydrogen (secondary N) is 3. The molecule has 3 N–H and O–H groups in total. The number of benzene rings is 2. The van der Waals surface area contributed by atoms with Gasteiger partial charge in [0, 0.05) is 16.1 Å². The van der Waals surface area contributed by atoms with E-state index in [9.17, 15) is 22.8 Å². The number of amides is 3. The summed E-state index contributed by atoms with van der Waals surface area (Å²) in [6.45, 7) is 1.76. The molecule has 1 aromatic heterocycles. The zero-order valence-corrected chi connectivity index (χ0v) is 22.5. The second kappa shape index (κ2) is 11.7. The van der Waals surface area contributed by atoms with Crippen LogP contribution in [0, 0.1) is 0 Å². The molecule has 4 rings (SSSR count). The summed E-state index contributed by atoms with van der Waals surface area (Å²) in [4.78, 5) is 38.8. The maximum atomic E-state index is 13.0. The van der Waals surface area contributed by atoms with Gasteiger partial charge in [-0.15, -0.1) is 11.3 Å². The van der Waals surface area contributed by atoms with Crippen molar-refractivity contribution >= 4 is 50.0 Å². The maximum Gasteiger partial charge on any atom is 0.414 e. The molecule has 10 nitrogen and oxygen atoms in total. The number of methoxy groups -OCH3 is 1. The van der Waals surface area contributed by atoms with Crippen LogP contribution >= 0.6 is 11.3 Å². The van der Waals surface area contributed by atoms with Crippen LogP contribution < -0.4 is 20.1 Å². The van der Waals surface area contributed by atoms with Crippen LogP contribution in [0.4, 0.5) is 15.5 Å². The number of carbonyl (C=O) groups is 3. The summed E-state index contributed by atoms with van der Waals surface area (Å²) >= 11 is 1.32. The minimum absolute atomic E-state index is 0.0652. The SMILES string of the molecule is CCOC(=O)NC(=O)c1c(NC(=O)c2ccc(NS(=O)(=O)c3ccc(OC)cc3)cc2)sc2c1CCCC2. The number of anilines is 2. The molecule has 0 radical (unpaired) electrons. The minimum atomic E-state index is -3.84. The third-order valence-electron chi connectivity index (χ3n) is 5.89. The summed E-state index contributed by atoms with van der Waals surface area (Å²) in [6, 6.07) is 11.9. The first-order valence-electron chi connectivity index (χ1n) is 11.9. The van der Waals surface area contributed by atoms with Crippen LogP contribution in [0.25, 0.3) is 0 Å². The molecule has 0 bridgehead atoms. The van der Waals surface area contributed by atoms with Gasteiger partial charge in [-0.2, -0.15) is 0 Å². The summed E-state index contributed by atoms with van der Waals surface area (Å²) in [6.07, 6.45) is 2.51. The first kappa shape index (κ1) is 27.1. The molecule has 3 amide bonds. The standard InChI is InChI=1S/C26H27N3O7S2/c1-3-36-26(32)28-24(31)22-20-6-4-5-7-21(20)37-25(22)27-23(30)16-8-10-17(11-9-16)29-38(33,34)19-14-12-18(35-2)13-15-19/h8-15,29H,3-7H2,1-2H3,(H,27,30)(H,28,31,32). The smallest absolute Gasteiger partial charge is 0.414 e. The Labute approximate surface area is 224 Å². The van der Waals surface area contributed by atoms with Crippen LogP contribution in [0.1, 0.15) is 50.9 Å². The van der Waals surface area contributed by atoms with Crippen LogP contribution in [0.3, 0.4) is 0 Å². The Morgan fingerprint density at radius 3 is 2.29 bits per heavy atom. The zero-order valence-electron chi connectivity index (χ0n) is 20.8. The van der Waals surface area contributed by atoms with Gasteiger partial charge in [-0.3, -0.25) is 19.6 Å². The molecule has 0 fully saturated rings. The van der Waals surface area contributed by atoms with E-state index in [2.05, 4.69) is 15.4 Å². The Morgan fingerprint density at radius 1 is 0.947 bits per heavy atom. The monoisotopic (exact) mass is 557 g/mol. The Kier molecular flexibility index (Phi) is 8.32. The molecule has 0 atom stereocenters. The van der Waals surface area contributed by atoms with Crippen molar-refractivity contribution in [3.05, 3.63) is 70.1 Å². The van der Waals surface area contributed by atoms with Gasteiger partial charge in [0.15, 0.2) is 0 Å².